The molecule has 0 aliphatic heterocycles. The first-order valence-electron chi connectivity index (χ1n) is 11.2. The Bertz CT molecular complexity index is 481. The molecule has 0 heterocycles. The number of urea groups is 1. The maximum absolute atomic E-state index is 11.5. The lowest BCUT2D eigenvalue weighted by Gasteiger charge is -2.08. The summed E-state index contributed by atoms with van der Waals surface area (Å²) in [6.45, 7) is 5.08. The topological polar surface area (TPSA) is 108 Å². The standard InChI is InChI=1S/C22H41N3O4/c1-3-4-14-17-23-22(29)24-18-15-12-10-8-6-5-7-9-11-13-16-20(26)25-19(2)21(27)28/h6,8,19H,3-5,7,9-18H2,1-2H3,(H,25,26)(H,27,28)(H2,23,24,29)/b8-6-. The number of aliphatic carboxylic acids is 1. The van der Waals surface area contributed by atoms with Gasteiger partial charge in [0.15, 0.2) is 0 Å². The Labute approximate surface area is 176 Å². The Morgan fingerprint density at radius 1 is 0.828 bits per heavy atom. The second kappa shape index (κ2) is 19.3. The van der Waals surface area contributed by atoms with Crippen molar-refractivity contribution in [3.8, 4) is 0 Å². The van der Waals surface area contributed by atoms with Gasteiger partial charge in [0, 0.05) is 19.5 Å². The molecule has 0 aromatic heterocycles. The van der Waals surface area contributed by atoms with Crippen LogP contribution >= 0.6 is 0 Å². The van der Waals surface area contributed by atoms with E-state index in [0.717, 1.165) is 77.2 Å². The SMILES string of the molecule is CCCCCNC(=O)NCCCC/C=C\CCCCCCC(=O)NC(C)C(=O)O. The zero-order chi connectivity index (χ0) is 21.7. The number of carboxylic acid groups (broad SMARTS) is 1. The summed E-state index contributed by atoms with van der Waals surface area (Å²) in [5, 5.41) is 16.9. The van der Waals surface area contributed by atoms with Gasteiger partial charge in [-0.1, -0.05) is 44.8 Å². The number of hydrogen-bond donors (Lipinski definition) is 4. The Balaban J connectivity index is 3.37. The minimum absolute atomic E-state index is 0.0643. The van der Waals surface area contributed by atoms with Gasteiger partial charge in [0.2, 0.25) is 5.91 Å². The summed E-state index contributed by atoms with van der Waals surface area (Å²) in [6.07, 6.45) is 16.2. The number of unbranched alkanes of at least 4 members (excludes halogenated alkanes) is 8. The van der Waals surface area contributed by atoms with Gasteiger partial charge in [-0.2, -0.15) is 0 Å². The minimum atomic E-state index is -1.01. The van der Waals surface area contributed by atoms with E-state index in [1.807, 2.05) is 0 Å². The Morgan fingerprint density at radius 3 is 1.97 bits per heavy atom. The normalized spacial score (nSPS) is 11.9. The van der Waals surface area contributed by atoms with E-state index in [1.165, 1.54) is 6.92 Å². The molecule has 0 fully saturated rings. The van der Waals surface area contributed by atoms with Crippen molar-refractivity contribution in [1.29, 1.82) is 0 Å². The molecular formula is C22H41N3O4. The van der Waals surface area contributed by atoms with Crippen LogP contribution in [-0.2, 0) is 9.59 Å². The molecule has 7 heteroatoms. The molecule has 0 bridgehead atoms. The summed E-state index contributed by atoms with van der Waals surface area (Å²) in [4.78, 5) is 33.7. The predicted molar refractivity (Wildman–Crippen MR) is 117 cm³/mol. The van der Waals surface area contributed by atoms with Gasteiger partial charge in [0.25, 0.3) is 0 Å². The fraction of sp³-hybridized carbons (Fsp3) is 0.773. The molecule has 0 aromatic rings. The molecule has 0 saturated carbocycles. The van der Waals surface area contributed by atoms with Crippen LogP contribution < -0.4 is 16.0 Å². The van der Waals surface area contributed by atoms with Crippen molar-refractivity contribution in [3.05, 3.63) is 12.2 Å². The molecule has 7 nitrogen and oxygen atoms in total. The van der Waals surface area contributed by atoms with Crippen LogP contribution in [0.15, 0.2) is 12.2 Å². The highest BCUT2D eigenvalue weighted by Crippen LogP contribution is 2.07. The van der Waals surface area contributed by atoms with Gasteiger partial charge >= 0.3 is 12.0 Å². The molecule has 0 radical (unpaired) electrons. The third kappa shape index (κ3) is 19.1. The molecule has 1 unspecified atom stereocenters. The Hall–Kier alpha value is -2.05. The number of carbonyl (C=O) groups is 3. The fourth-order valence-corrected chi connectivity index (χ4v) is 2.74. The van der Waals surface area contributed by atoms with Crippen molar-refractivity contribution in [3.63, 3.8) is 0 Å². The van der Waals surface area contributed by atoms with E-state index in [-0.39, 0.29) is 11.9 Å². The maximum Gasteiger partial charge on any atom is 0.325 e. The van der Waals surface area contributed by atoms with Gasteiger partial charge in [-0.3, -0.25) is 9.59 Å². The summed E-state index contributed by atoms with van der Waals surface area (Å²) in [7, 11) is 0. The molecule has 168 valence electrons. The largest absolute Gasteiger partial charge is 0.480 e. The minimum Gasteiger partial charge on any atom is -0.480 e. The highest BCUT2D eigenvalue weighted by Gasteiger charge is 2.12. The molecule has 0 saturated heterocycles. The highest BCUT2D eigenvalue weighted by molar-refractivity contribution is 5.83. The van der Waals surface area contributed by atoms with Crippen LogP contribution in [0.5, 0.6) is 0 Å². The average Bonchev–Trinajstić information content (AvgIpc) is 2.68. The number of rotatable bonds is 18. The highest BCUT2D eigenvalue weighted by atomic mass is 16.4. The number of carboxylic acids is 1. The first kappa shape index (κ1) is 27.0. The predicted octanol–water partition coefficient (Wildman–Crippen LogP) is 4.13. The number of nitrogens with one attached hydrogen (secondary N) is 3. The van der Waals surface area contributed by atoms with Crippen LogP contribution in [0.2, 0.25) is 0 Å². The van der Waals surface area contributed by atoms with Crippen molar-refractivity contribution in [1.82, 2.24) is 16.0 Å². The third-order valence-electron chi connectivity index (χ3n) is 4.59. The first-order chi connectivity index (χ1) is 14.0. The van der Waals surface area contributed by atoms with Gasteiger partial charge in [0.05, 0.1) is 0 Å². The van der Waals surface area contributed by atoms with Crippen LogP contribution in [-0.4, -0.2) is 42.1 Å². The van der Waals surface area contributed by atoms with Crippen LogP contribution in [0, 0.1) is 0 Å². The van der Waals surface area contributed by atoms with E-state index in [2.05, 4.69) is 35.0 Å². The average molecular weight is 412 g/mol. The summed E-state index contributed by atoms with van der Waals surface area (Å²) in [5.74, 6) is -1.20. The number of amides is 3. The van der Waals surface area contributed by atoms with Crippen molar-refractivity contribution in [2.45, 2.75) is 96.9 Å². The molecular weight excluding hydrogens is 370 g/mol. The smallest absolute Gasteiger partial charge is 0.325 e. The van der Waals surface area contributed by atoms with Gasteiger partial charge in [-0.25, -0.2) is 4.79 Å². The second-order valence-electron chi connectivity index (χ2n) is 7.44. The molecule has 1 atom stereocenters. The van der Waals surface area contributed by atoms with Gasteiger partial charge in [-0.15, -0.1) is 0 Å². The fourth-order valence-electron chi connectivity index (χ4n) is 2.74. The molecule has 0 rings (SSSR count). The lowest BCUT2D eigenvalue weighted by atomic mass is 10.1. The lowest BCUT2D eigenvalue weighted by Crippen LogP contribution is -2.38. The summed E-state index contributed by atoms with van der Waals surface area (Å²) >= 11 is 0. The number of allylic oxidation sites excluding steroid dienone is 2. The second-order valence-corrected chi connectivity index (χ2v) is 7.44. The molecule has 3 amide bonds. The molecule has 0 aliphatic carbocycles. The van der Waals surface area contributed by atoms with Crippen molar-refractivity contribution < 1.29 is 19.5 Å². The molecule has 0 aromatic carbocycles. The van der Waals surface area contributed by atoms with Gasteiger partial charge < -0.3 is 21.1 Å². The maximum atomic E-state index is 11.5. The molecule has 4 N–H and O–H groups in total. The van der Waals surface area contributed by atoms with E-state index < -0.39 is 12.0 Å². The molecule has 29 heavy (non-hydrogen) atoms. The van der Waals surface area contributed by atoms with Crippen LogP contribution in [0.4, 0.5) is 4.79 Å². The molecule has 0 aliphatic rings. The monoisotopic (exact) mass is 411 g/mol. The summed E-state index contributed by atoms with van der Waals surface area (Å²) in [5.41, 5.74) is 0. The Morgan fingerprint density at radius 2 is 1.38 bits per heavy atom. The zero-order valence-corrected chi connectivity index (χ0v) is 18.3. The first-order valence-corrected chi connectivity index (χ1v) is 11.2. The zero-order valence-electron chi connectivity index (χ0n) is 18.3. The van der Waals surface area contributed by atoms with Crippen molar-refractivity contribution in [2.24, 2.45) is 0 Å². The lowest BCUT2D eigenvalue weighted by molar-refractivity contribution is -0.141. The quantitative estimate of drug-likeness (QED) is 0.201. The van der Waals surface area contributed by atoms with Crippen LogP contribution in [0.25, 0.3) is 0 Å². The number of carbonyl (C=O) groups excluding carboxylic acids is 2. The number of hydrogen-bond acceptors (Lipinski definition) is 3. The Kier molecular flexibility index (Phi) is 17.9. The van der Waals surface area contributed by atoms with Gasteiger partial charge in [-0.05, 0) is 51.9 Å². The van der Waals surface area contributed by atoms with E-state index in [9.17, 15) is 14.4 Å². The van der Waals surface area contributed by atoms with E-state index in [1.54, 1.807) is 0 Å². The van der Waals surface area contributed by atoms with E-state index in [4.69, 9.17) is 5.11 Å². The molecule has 0 spiro atoms. The van der Waals surface area contributed by atoms with Gasteiger partial charge in [0.1, 0.15) is 6.04 Å². The van der Waals surface area contributed by atoms with Crippen molar-refractivity contribution in [2.75, 3.05) is 13.1 Å². The van der Waals surface area contributed by atoms with E-state index >= 15 is 0 Å². The summed E-state index contributed by atoms with van der Waals surface area (Å²) < 4.78 is 0. The van der Waals surface area contributed by atoms with Crippen LogP contribution in [0.3, 0.4) is 0 Å². The summed E-state index contributed by atoms with van der Waals surface area (Å²) in [6, 6.07) is -0.887. The van der Waals surface area contributed by atoms with Crippen molar-refractivity contribution >= 4 is 17.9 Å². The van der Waals surface area contributed by atoms with Crippen LogP contribution in [0.1, 0.15) is 90.9 Å². The van der Waals surface area contributed by atoms with E-state index in [0.29, 0.717) is 13.0 Å². The third-order valence-corrected chi connectivity index (χ3v) is 4.59.